The van der Waals surface area contributed by atoms with Gasteiger partial charge in [-0.05, 0) is 39.7 Å². The second-order valence-electron chi connectivity index (χ2n) is 9.43. The normalized spacial score (nSPS) is 13.8. The van der Waals surface area contributed by atoms with Gasteiger partial charge in [0.15, 0.2) is 5.78 Å². The van der Waals surface area contributed by atoms with Crippen LogP contribution >= 0.6 is 11.8 Å². The molecule has 2 atom stereocenters. The molecule has 0 aliphatic heterocycles. The first-order valence-electron chi connectivity index (χ1n) is 10.7. The second kappa shape index (κ2) is 12.1. The van der Waals surface area contributed by atoms with E-state index in [1.54, 1.807) is 39.5 Å². The first-order valence-corrected chi connectivity index (χ1v) is 11.7. The molecule has 6 nitrogen and oxygen atoms in total. The van der Waals surface area contributed by atoms with E-state index in [2.05, 4.69) is 26.1 Å². The highest BCUT2D eigenvalue weighted by molar-refractivity contribution is 8.00. The molecule has 0 fully saturated rings. The lowest BCUT2D eigenvalue weighted by atomic mass is 9.95. The summed E-state index contributed by atoms with van der Waals surface area (Å²) in [5.74, 6) is -0.709. The molecule has 7 heteroatoms. The number of benzene rings is 1. The van der Waals surface area contributed by atoms with E-state index in [0.29, 0.717) is 12.2 Å². The van der Waals surface area contributed by atoms with Crippen molar-refractivity contribution in [3.8, 4) is 0 Å². The van der Waals surface area contributed by atoms with Crippen molar-refractivity contribution in [2.24, 2.45) is 5.92 Å². The lowest BCUT2D eigenvalue weighted by Gasteiger charge is -2.25. The number of carbonyl (C=O) groups excluding carboxylic acids is 3. The van der Waals surface area contributed by atoms with E-state index in [0.717, 1.165) is 5.56 Å². The molecule has 0 aliphatic carbocycles. The van der Waals surface area contributed by atoms with Crippen molar-refractivity contribution in [2.75, 3.05) is 12.4 Å². The van der Waals surface area contributed by atoms with Gasteiger partial charge in [-0.15, -0.1) is 0 Å². The maximum absolute atomic E-state index is 13.2. The lowest BCUT2D eigenvalue weighted by Crippen LogP contribution is -2.45. The molecule has 1 aromatic rings. The lowest BCUT2D eigenvalue weighted by molar-refractivity contribution is -0.148. The van der Waals surface area contributed by atoms with Gasteiger partial charge < -0.3 is 14.8 Å². The minimum Gasteiger partial charge on any atom is -0.466 e. The third kappa shape index (κ3) is 11.8. The van der Waals surface area contributed by atoms with Gasteiger partial charge in [0.1, 0.15) is 5.60 Å². The zero-order valence-corrected chi connectivity index (χ0v) is 20.6. The number of ketones is 1. The predicted octanol–water partition coefficient (Wildman–Crippen LogP) is 4.79. The van der Waals surface area contributed by atoms with Crippen molar-refractivity contribution in [3.63, 3.8) is 0 Å². The Morgan fingerprint density at radius 3 is 2.16 bits per heavy atom. The van der Waals surface area contributed by atoms with Crippen molar-refractivity contribution >= 4 is 29.6 Å². The van der Waals surface area contributed by atoms with Gasteiger partial charge >= 0.3 is 12.1 Å². The Morgan fingerprint density at radius 2 is 1.65 bits per heavy atom. The van der Waals surface area contributed by atoms with Crippen LogP contribution in [0.4, 0.5) is 4.79 Å². The van der Waals surface area contributed by atoms with Crippen LogP contribution in [-0.2, 0) is 25.5 Å². The Bertz CT molecular complexity index is 722. The number of rotatable bonds is 10. The number of amides is 1. The molecule has 0 heterocycles. The monoisotopic (exact) mass is 451 g/mol. The largest absolute Gasteiger partial charge is 0.466 e. The van der Waals surface area contributed by atoms with Crippen molar-refractivity contribution in [3.05, 3.63) is 35.9 Å². The summed E-state index contributed by atoms with van der Waals surface area (Å²) in [5.41, 5.74) is 0.231. The average Bonchev–Trinajstić information content (AvgIpc) is 2.63. The van der Waals surface area contributed by atoms with Gasteiger partial charge in [0.25, 0.3) is 0 Å². The fraction of sp³-hybridized carbons (Fsp3) is 0.625. The van der Waals surface area contributed by atoms with Crippen molar-refractivity contribution in [2.45, 2.75) is 77.7 Å². The number of thioether (sulfide) groups is 1. The number of Topliss-reactive ketones (excluding diaryl/α,β-unsaturated/α-hetero) is 1. The first kappa shape index (κ1) is 27.0. The Kier molecular flexibility index (Phi) is 10.6. The van der Waals surface area contributed by atoms with E-state index in [9.17, 15) is 14.4 Å². The number of ether oxygens (including phenoxy) is 2. The quantitative estimate of drug-likeness (QED) is 0.515. The summed E-state index contributed by atoms with van der Waals surface area (Å²) in [6.45, 7) is 13.5. The Morgan fingerprint density at radius 1 is 1.03 bits per heavy atom. The molecule has 0 aliphatic rings. The molecule has 0 saturated heterocycles. The molecule has 31 heavy (non-hydrogen) atoms. The number of carbonyl (C=O) groups is 3. The standard InChI is InChI=1S/C24H37NO5S/c1-8-29-21(27)18(16-31-24(5,6)7)15-20(26)19(14-17-12-10-9-11-13-17)25-22(28)30-23(2,3)4/h9-13,18-19H,8,14-16H2,1-7H3,(H,25,28)/t18-,19-/m0/s1. The van der Waals surface area contributed by atoms with Crippen LogP contribution < -0.4 is 5.32 Å². The molecular formula is C24H37NO5S. The van der Waals surface area contributed by atoms with E-state index >= 15 is 0 Å². The van der Waals surface area contributed by atoms with Crippen LogP contribution in [0.3, 0.4) is 0 Å². The third-order valence-corrected chi connectivity index (χ3v) is 5.58. The van der Waals surface area contributed by atoms with Gasteiger partial charge in [-0.2, -0.15) is 11.8 Å². The average molecular weight is 452 g/mol. The number of hydrogen-bond acceptors (Lipinski definition) is 6. The fourth-order valence-electron chi connectivity index (χ4n) is 2.75. The van der Waals surface area contributed by atoms with Gasteiger partial charge in [0, 0.05) is 16.9 Å². The van der Waals surface area contributed by atoms with Crippen LogP contribution in [0.25, 0.3) is 0 Å². The molecule has 1 amide bonds. The molecule has 0 spiro atoms. The van der Waals surface area contributed by atoms with E-state index in [1.165, 1.54) is 0 Å². The SMILES string of the molecule is CCOC(=O)[C@H](CSC(C)(C)C)CC(=O)[C@H](Cc1ccccc1)NC(=O)OC(C)(C)C. The van der Waals surface area contributed by atoms with Crippen LogP contribution in [0.5, 0.6) is 0 Å². The smallest absolute Gasteiger partial charge is 0.408 e. The summed E-state index contributed by atoms with van der Waals surface area (Å²) in [6, 6.07) is 8.65. The summed E-state index contributed by atoms with van der Waals surface area (Å²) >= 11 is 1.61. The zero-order chi connectivity index (χ0) is 23.7. The highest BCUT2D eigenvalue weighted by Gasteiger charge is 2.31. The van der Waals surface area contributed by atoms with E-state index in [1.807, 2.05) is 30.3 Å². The minimum absolute atomic E-state index is 0.00475. The Balaban J connectivity index is 2.99. The molecule has 0 unspecified atom stereocenters. The van der Waals surface area contributed by atoms with Crippen molar-refractivity contribution in [1.82, 2.24) is 5.32 Å². The number of hydrogen-bond donors (Lipinski definition) is 1. The Labute approximate surface area is 190 Å². The minimum atomic E-state index is -0.797. The molecule has 174 valence electrons. The van der Waals surface area contributed by atoms with E-state index < -0.39 is 23.7 Å². The number of alkyl carbamates (subject to hydrolysis) is 1. The van der Waals surface area contributed by atoms with Crippen molar-refractivity contribution in [1.29, 1.82) is 0 Å². The van der Waals surface area contributed by atoms with Gasteiger partial charge in [-0.1, -0.05) is 51.1 Å². The topological polar surface area (TPSA) is 81.7 Å². The van der Waals surface area contributed by atoms with Gasteiger partial charge in [0.05, 0.1) is 18.6 Å². The third-order valence-electron chi connectivity index (χ3n) is 4.15. The maximum atomic E-state index is 13.2. The van der Waals surface area contributed by atoms with E-state index in [-0.39, 0.29) is 29.5 Å². The highest BCUT2D eigenvalue weighted by Crippen LogP contribution is 2.27. The van der Waals surface area contributed by atoms with E-state index in [4.69, 9.17) is 9.47 Å². The van der Waals surface area contributed by atoms with Gasteiger partial charge in [0.2, 0.25) is 0 Å². The molecule has 0 bridgehead atoms. The highest BCUT2D eigenvalue weighted by atomic mass is 32.2. The van der Waals surface area contributed by atoms with Gasteiger partial charge in [-0.3, -0.25) is 9.59 Å². The summed E-state index contributed by atoms with van der Waals surface area (Å²) in [7, 11) is 0. The second-order valence-corrected chi connectivity index (χ2v) is 11.3. The number of esters is 1. The summed E-state index contributed by atoms with van der Waals surface area (Å²) < 4.78 is 10.5. The molecule has 1 rings (SSSR count). The maximum Gasteiger partial charge on any atom is 0.408 e. The molecule has 1 aromatic carbocycles. The van der Waals surface area contributed by atoms with Gasteiger partial charge in [-0.25, -0.2) is 4.79 Å². The van der Waals surface area contributed by atoms with Crippen LogP contribution in [-0.4, -0.2) is 46.6 Å². The molecular weight excluding hydrogens is 414 g/mol. The number of nitrogens with one attached hydrogen (secondary N) is 1. The summed E-state index contributed by atoms with van der Waals surface area (Å²) in [6.07, 6.45) is -0.339. The van der Waals surface area contributed by atoms with Crippen molar-refractivity contribution < 1.29 is 23.9 Å². The van der Waals surface area contributed by atoms with Crippen LogP contribution in [0.2, 0.25) is 0 Å². The molecule has 1 N–H and O–H groups in total. The predicted molar refractivity (Wildman–Crippen MR) is 125 cm³/mol. The fourth-order valence-corrected chi connectivity index (χ4v) is 3.71. The Hall–Kier alpha value is -2.02. The zero-order valence-electron chi connectivity index (χ0n) is 19.8. The van der Waals surface area contributed by atoms with Crippen LogP contribution in [0, 0.1) is 5.92 Å². The van der Waals surface area contributed by atoms with Crippen LogP contribution in [0.1, 0.15) is 60.5 Å². The first-order chi connectivity index (χ1) is 14.3. The summed E-state index contributed by atoms with van der Waals surface area (Å²) in [5, 5.41) is 2.70. The molecule has 0 saturated carbocycles. The molecule has 0 radical (unpaired) electrons. The summed E-state index contributed by atoms with van der Waals surface area (Å²) in [4.78, 5) is 38.1. The molecule has 0 aromatic heterocycles. The van der Waals surface area contributed by atoms with Crippen LogP contribution in [0.15, 0.2) is 30.3 Å².